The van der Waals surface area contributed by atoms with Gasteiger partial charge in [0.25, 0.3) is 0 Å². The fourth-order valence-corrected chi connectivity index (χ4v) is 4.53. The first-order chi connectivity index (χ1) is 15.7. The monoisotopic (exact) mass is 432 g/mol. The smallest absolute Gasteiger partial charge is 0.210 e. The van der Waals surface area contributed by atoms with Gasteiger partial charge in [-0.1, -0.05) is 12.1 Å². The van der Waals surface area contributed by atoms with E-state index in [2.05, 4.69) is 20.2 Å². The van der Waals surface area contributed by atoms with Crippen LogP contribution in [0.4, 0.5) is 4.39 Å². The van der Waals surface area contributed by atoms with E-state index in [9.17, 15) is 9.50 Å². The molecule has 9 heteroatoms. The molecular formula is C23H21FN6O2. The quantitative estimate of drug-likeness (QED) is 0.650. The van der Waals surface area contributed by atoms with Crippen LogP contribution >= 0.6 is 0 Å². The highest BCUT2D eigenvalue weighted by molar-refractivity contribution is 6.04. The van der Waals surface area contributed by atoms with Crippen molar-refractivity contribution in [3.63, 3.8) is 0 Å². The summed E-state index contributed by atoms with van der Waals surface area (Å²) < 4.78 is 21.2. The maximum absolute atomic E-state index is 13.9. The molecule has 32 heavy (non-hydrogen) atoms. The number of nitrogens with one attached hydrogen (secondary N) is 1. The fraction of sp³-hybridized carbons (Fsp3) is 0.261. The molecule has 0 amide bonds. The van der Waals surface area contributed by atoms with Crippen LogP contribution in [0.25, 0.3) is 11.0 Å². The maximum Gasteiger partial charge on any atom is 0.210 e. The van der Waals surface area contributed by atoms with Gasteiger partial charge in [0.05, 0.1) is 22.8 Å². The molecule has 162 valence electrons. The van der Waals surface area contributed by atoms with Crippen molar-refractivity contribution in [2.24, 2.45) is 9.98 Å². The minimum atomic E-state index is -0.332. The highest BCUT2D eigenvalue weighted by Gasteiger charge is 2.40. The molecule has 2 aromatic carbocycles. The van der Waals surface area contributed by atoms with Crippen LogP contribution in [0.15, 0.2) is 70.7 Å². The number of para-hydroxylation sites is 1. The third kappa shape index (κ3) is 3.04. The molecular weight excluding hydrogens is 411 g/mol. The first-order valence-electron chi connectivity index (χ1n) is 10.6. The Kier molecular flexibility index (Phi) is 4.43. The summed E-state index contributed by atoms with van der Waals surface area (Å²) in [6.45, 7) is 1.35. The molecule has 0 radical (unpaired) electrons. The van der Waals surface area contributed by atoms with E-state index in [4.69, 9.17) is 9.73 Å². The standard InChI is InChI=1S/C23H21FN6O2/c24-14-5-6-17-19(11-14)29(13-26-17)23-25-12-18-22(28-23)30(15-7-9-32-10-8-15)21(27-18)16-3-1-2-4-20(16)31/h1-6,11-13,15,22,31H,7-10H2,(H,25,28). The van der Waals surface area contributed by atoms with Crippen LogP contribution < -0.4 is 5.32 Å². The van der Waals surface area contributed by atoms with Gasteiger partial charge in [-0.3, -0.25) is 4.57 Å². The molecule has 3 aromatic rings. The Bertz CT molecular complexity index is 1290. The summed E-state index contributed by atoms with van der Waals surface area (Å²) in [5, 5.41) is 14.0. The average molecular weight is 432 g/mol. The number of aromatic hydroxyl groups is 1. The normalized spacial score (nSPS) is 21.1. The van der Waals surface area contributed by atoms with E-state index in [1.165, 1.54) is 12.1 Å². The van der Waals surface area contributed by atoms with Crippen molar-refractivity contribution in [3.05, 3.63) is 72.1 Å². The van der Waals surface area contributed by atoms with E-state index in [0.29, 0.717) is 41.6 Å². The molecule has 0 saturated carbocycles. The number of benzene rings is 2. The summed E-state index contributed by atoms with van der Waals surface area (Å²) >= 11 is 0. The molecule has 0 aliphatic carbocycles. The van der Waals surface area contributed by atoms with Crippen LogP contribution in [-0.4, -0.2) is 56.8 Å². The zero-order chi connectivity index (χ0) is 21.7. The lowest BCUT2D eigenvalue weighted by Crippen LogP contribution is -2.55. The van der Waals surface area contributed by atoms with E-state index in [-0.39, 0.29) is 23.8 Å². The van der Waals surface area contributed by atoms with Gasteiger partial charge < -0.3 is 20.1 Å². The van der Waals surface area contributed by atoms with Gasteiger partial charge in [0.15, 0.2) is 0 Å². The van der Waals surface area contributed by atoms with Crippen LogP contribution in [0.5, 0.6) is 5.75 Å². The lowest BCUT2D eigenvalue weighted by atomic mass is 10.0. The number of fused-ring (bicyclic) bond motifs is 2. The molecule has 4 heterocycles. The second-order valence-electron chi connectivity index (χ2n) is 8.00. The Morgan fingerprint density at radius 2 is 1.97 bits per heavy atom. The predicted octanol–water partition coefficient (Wildman–Crippen LogP) is 2.80. The lowest BCUT2D eigenvalue weighted by molar-refractivity contribution is 0.0491. The van der Waals surface area contributed by atoms with Crippen LogP contribution in [0, 0.1) is 5.82 Å². The number of aromatic nitrogens is 2. The molecule has 1 unspecified atom stereocenters. The zero-order valence-corrected chi connectivity index (χ0v) is 17.1. The molecule has 8 nitrogen and oxygen atoms in total. The van der Waals surface area contributed by atoms with Gasteiger partial charge in [-0.25, -0.2) is 19.4 Å². The number of aliphatic imine (C=N–C) groups is 2. The topological polar surface area (TPSA) is 87.3 Å². The number of imidazole rings is 1. The first-order valence-corrected chi connectivity index (χ1v) is 10.6. The van der Waals surface area contributed by atoms with Crippen molar-refractivity contribution in [1.29, 1.82) is 0 Å². The summed E-state index contributed by atoms with van der Waals surface area (Å²) in [6.07, 6.45) is 4.79. The minimum absolute atomic E-state index is 0.180. The Labute approximate surface area is 183 Å². The van der Waals surface area contributed by atoms with E-state index in [1.54, 1.807) is 35.3 Å². The molecule has 6 rings (SSSR count). The number of rotatable bonds is 2. The Morgan fingerprint density at radius 1 is 1.12 bits per heavy atom. The SMILES string of the molecule is Oc1ccccc1C1=NC2=CN=C(n3cnc4ccc(F)cc43)NC2N1C1CCOCC1. The summed E-state index contributed by atoms with van der Waals surface area (Å²) in [4.78, 5) is 16.0. The number of phenols is 1. The first kappa shape index (κ1) is 19.0. The molecule has 1 saturated heterocycles. The average Bonchev–Trinajstić information content (AvgIpc) is 3.40. The summed E-state index contributed by atoms with van der Waals surface area (Å²) in [5.74, 6) is 1.09. The largest absolute Gasteiger partial charge is 0.507 e. The number of halogens is 1. The number of hydrogen-bond acceptors (Lipinski definition) is 7. The second kappa shape index (κ2) is 7.45. The van der Waals surface area contributed by atoms with Gasteiger partial charge in [-0.05, 0) is 37.1 Å². The highest BCUT2D eigenvalue weighted by atomic mass is 19.1. The van der Waals surface area contributed by atoms with Crippen molar-refractivity contribution in [2.75, 3.05) is 13.2 Å². The molecule has 1 atom stereocenters. The third-order valence-corrected chi connectivity index (χ3v) is 6.09. The van der Waals surface area contributed by atoms with E-state index < -0.39 is 0 Å². The Hall–Kier alpha value is -3.72. The zero-order valence-electron chi connectivity index (χ0n) is 17.1. The highest BCUT2D eigenvalue weighted by Crippen LogP contribution is 2.33. The minimum Gasteiger partial charge on any atom is -0.507 e. The number of amidine groups is 1. The lowest BCUT2D eigenvalue weighted by Gasteiger charge is -2.39. The van der Waals surface area contributed by atoms with Gasteiger partial charge in [0.2, 0.25) is 5.96 Å². The Balaban J connectivity index is 1.42. The third-order valence-electron chi connectivity index (χ3n) is 6.09. The number of hydrogen-bond donors (Lipinski definition) is 2. The summed E-state index contributed by atoms with van der Waals surface area (Å²) in [5.41, 5.74) is 2.75. The molecule has 0 bridgehead atoms. The summed E-state index contributed by atoms with van der Waals surface area (Å²) in [6, 6.07) is 11.9. The van der Waals surface area contributed by atoms with E-state index in [1.807, 2.05) is 12.1 Å². The molecule has 2 N–H and O–H groups in total. The van der Waals surface area contributed by atoms with Crippen LogP contribution in [0.1, 0.15) is 18.4 Å². The van der Waals surface area contributed by atoms with Gasteiger partial charge in [-0.2, -0.15) is 0 Å². The number of phenolic OH excluding ortho intramolecular Hbond substituents is 1. The van der Waals surface area contributed by atoms with Crippen molar-refractivity contribution in [3.8, 4) is 5.75 Å². The summed E-state index contributed by atoms with van der Waals surface area (Å²) in [7, 11) is 0. The van der Waals surface area contributed by atoms with E-state index in [0.717, 1.165) is 18.5 Å². The van der Waals surface area contributed by atoms with Gasteiger partial charge >= 0.3 is 0 Å². The number of nitrogens with zero attached hydrogens (tertiary/aromatic N) is 5. The molecule has 3 aliphatic rings. The van der Waals surface area contributed by atoms with Crippen LogP contribution in [0.3, 0.4) is 0 Å². The predicted molar refractivity (Wildman–Crippen MR) is 118 cm³/mol. The van der Waals surface area contributed by atoms with E-state index >= 15 is 0 Å². The van der Waals surface area contributed by atoms with Crippen LogP contribution in [0.2, 0.25) is 0 Å². The van der Waals surface area contributed by atoms with Crippen LogP contribution in [-0.2, 0) is 4.74 Å². The second-order valence-corrected chi connectivity index (χ2v) is 8.00. The Morgan fingerprint density at radius 3 is 2.81 bits per heavy atom. The van der Waals surface area contributed by atoms with Crippen molar-refractivity contribution < 1.29 is 14.2 Å². The van der Waals surface area contributed by atoms with Gasteiger partial charge in [0, 0.05) is 25.3 Å². The molecule has 3 aliphatic heterocycles. The van der Waals surface area contributed by atoms with Gasteiger partial charge in [-0.15, -0.1) is 0 Å². The van der Waals surface area contributed by atoms with Gasteiger partial charge in [0.1, 0.15) is 35.6 Å². The molecule has 1 fully saturated rings. The van der Waals surface area contributed by atoms with Crippen molar-refractivity contribution in [1.82, 2.24) is 19.8 Å². The molecule has 0 spiro atoms. The van der Waals surface area contributed by atoms with Crippen molar-refractivity contribution in [2.45, 2.75) is 25.0 Å². The molecule has 1 aromatic heterocycles. The number of ether oxygens (including phenoxy) is 1. The maximum atomic E-state index is 13.9. The van der Waals surface area contributed by atoms with Crippen molar-refractivity contribution >= 4 is 22.8 Å². The fourth-order valence-electron chi connectivity index (χ4n) is 4.53.